The third-order valence-corrected chi connectivity index (χ3v) is 5.39. The summed E-state index contributed by atoms with van der Waals surface area (Å²) < 4.78 is 0. The monoisotopic (exact) mass is 264 g/mol. The summed E-state index contributed by atoms with van der Waals surface area (Å²) in [6.07, 6.45) is 6.51. The van der Waals surface area contributed by atoms with E-state index in [2.05, 4.69) is 6.92 Å². The molecule has 4 heteroatoms. The molecule has 0 N–H and O–H groups in total. The van der Waals surface area contributed by atoms with Crippen molar-refractivity contribution < 1.29 is 9.59 Å². The lowest BCUT2D eigenvalue weighted by Crippen LogP contribution is -2.65. The number of piperidine rings is 1. The first-order valence-electron chi connectivity index (χ1n) is 7.69. The molecule has 0 bridgehead atoms. The van der Waals surface area contributed by atoms with E-state index in [1.807, 2.05) is 16.7 Å². The number of fused-ring (bicyclic) bond motifs is 1. The Morgan fingerprint density at radius 3 is 2.58 bits per heavy atom. The molecule has 19 heavy (non-hydrogen) atoms. The van der Waals surface area contributed by atoms with E-state index in [4.69, 9.17) is 0 Å². The third-order valence-electron chi connectivity index (χ3n) is 5.39. The molecule has 0 aromatic heterocycles. The molecule has 0 spiro atoms. The van der Waals surface area contributed by atoms with Crippen molar-refractivity contribution >= 4 is 11.8 Å². The molecule has 2 atom stereocenters. The summed E-state index contributed by atoms with van der Waals surface area (Å²) in [5.74, 6) is 0.364. The highest BCUT2D eigenvalue weighted by Gasteiger charge is 2.50. The number of hydrogen-bond acceptors (Lipinski definition) is 2. The van der Waals surface area contributed by atoms with Gasteiger partial charge in [0.25, 0.3) is 0 Å². The number of piperazine rings is 1. The molecule has 1 saturated carbocycles. The maximum absolute atomic E-state index is 12.7. The van der Waals surface area contributed by atoms with Crippen LogP contribution in [0.4, 0.5) is 0 Å². The molecule has 0 aromatic rings. The highest BCUT2D eigenvalue weighted by atomic mass is 16.2. The normalized spacial score (nSPS) is 33.4. The second-order valence-electron chi connectivity index (χ2n) is 6.54. The van der Waals surface area contributed by atoms with Gasteiger partial charge in [-0.15, -0.1) is 0 Å². The van der Waals surface area contributed by atoms with Crippen LogP contribution in [0.25, 0.3) is 0 Å². The van der Waals surface area contributed by atoms with Crippen LogP contribution in [-0.2, 0) is 9.59 Å². The quantitative estimate of drug-likeness (QED) is 0.779. The highest BCUT2D eigenvalue weighted by Crippen LogP contribution is 2.49. The van der Waals surface area contributed by atoms with E-state index in [1.54, 1.807) is 0 Å². The second-order valence-corrected chi connectivity index (χ2v) is 6.54. The maximum atomic E-state index is 12.7. The Bertz CT molecular complexity index is 403. The zero-order valence-electron chi connectivity index (χ0n) is 12.0. The number of carbonyl (C=O) groups is 2. The molecule has 0 radical (unpaired) electrons. The van der Waals surface area contributed by atoms with E-state index in [0.29, 0.717) is 5.41 Å². The Balaban J connectivity index is 1.80. The molecule has 2 aliphatic heterocycles. The average molecular weight is 264 g/mol. The smallest absolute Gasteiger partial charge is 0.246 e. The van der Waals surface area contributed by atoms with Crippen LogP contribution in [0.5, 0.6) is 0 Å². The Morgan fingerprint density at radius 1 is 1.21 bits per heavy atom. The Labute approximate surface area is 115 Å². The molecule has 1 aliphatic carbocycles. The molecule has 2 amide bonds. The molecule has 4 nitrogen and oxygen atoms in total. The summed E-state index contributed by atoms with van der Waals surface area (Å²) in [4.78, 5) is 28.8. The first-order valence-corrected chi connectivity index (χ1v) is 7.69. The molecule has 2 heterocycles. The zero-order chi connectivity index (χ0) is 13.6. The molecule has 106 valence electrons. The number of nitrogens with zero attached hydrogens (tertiary/aromatic N) is 2. The summed E-state index contributed by atoms with van der Waals surface area (Å²) >= 11 is 0. The van der Waals surface area contributed by atoms with E-state index in [0.717, 1.165) is 38.8 Å². The van der Waals surface area contributed by atoms with Crippen molar-refractivity contribution in [2.45, 2.75) is 64.5 Å². The fourth-order valence-electron chi connectivity index (χ4n) is 3.58. The summed E-state index contributed by atoms with van der Waals surface area (Å²) in [5.41, 5.74) is 0.320. The SMILES string of the molecule is CCC1(CN2C(=O)C3CCCCN3C(=O)C2C)CC1. The van der Waals surface area contributed by atoms with Crippen molar-refractivity contribution in [1.29, 1.82) is 0 Å². The van der Waals surface area contributed by atoms with Crippen LogP contribution in [0, 0.1) is 5.41 Å². The van der Waals surface area contributed by atoms with Crippen molar-refractivity contribution in [3.8, 4) is 0 Å². The van der Waals surface area contributed by atoms with Crippen LogP contribution in [-0.4, -0.2) is 46.8 Å². The Hall–Kier alpha value is -1.06. The van der Waals surface area contributed by atoms with Crippen molar-refractivity contribution in [3.63, 3.8) is 0 Å². The van der Waals surface area contributed by atoms with Gasteiger partial charge in [-0.2, -0.15) is 0 Å². The van der Waals surface area contributed by atoms with Gasteiger partial charge in [0.1, 0.15) is 12.1 Å². The van der Waals surface area contributed by atoms with Crippen molar-refractivity contribution in [1.82, 2.24) is 9.80 Å². The number of carbonyl (C=O) groups excluding carboxylic acids is 2. The fraction of sp³-hybridized carbons (Fsp3) is 0.867. The van der Waals surface area contributed by atoms with Gasteiger partial charge >= 0.3 is 0 Å². The lowest BCUT2D eigenvalue weighted by molar-refractivity contribution is -0.163. The number of rotatable bonds is 3. The molecule has 3 rings (SSSR count). The van der Waals surface area contributed by atoms with Crippen LogP contribution < -0.4 is 0 Å². The Kier molecular flexibility index (Phi) is 3.06. The van der Waals surface area contributed by atoms with Gasteiger partial charge in [-0.3, -0.25) is 9.59 Å². The van der Waals surface area contributed by atoms with E-state index < -0.39 is 0 Å². The summed E-state index contributed by atoms with van der Waals surface area (Å²) in [6, 6.07) is -0.420. The number of amides is 2. The van der Waals surface area contributed by atoms with Gasteiger partial charge in [0.15, 0.2) is 0 Å². The lowest BCUT2D eigenvalue weighted by Gasteiger charge is -2.47. The zero-order valence-corrected chi connectivity index (χ0v) is 12.0. The van der Waals surface area contributed by atoms with E-state index in [1.165, 1.54) is 12.8 Å². The van der Waals surface area contributed by atoms with Gasteiger partial charge in [0.05, 0.1) is 0 Å². The van der Waals surface area contributed by atoms with Gasteiger partial charge in [-0.25, -0.2) is 0 Å². The summed E-state index contributed by atoms with van der Waals surface area (Å²) in [5, 5.41) is 0. The predicted molar refractivity (Wildman–Crippen MR) is 72.5 cm³/mol. The topological polar surface area (TPSA) is 40.6 Å². The fourth-order valence-corrected chi connectivity index (χ4v) is 3.58. The average Bonchev–Trinajstić information content (AvgIpc) is 3.22. The highest BCUT2D eigenvalue weighted by molar-refractivity contribution is 5.97. The molecule has 3 aliphatic rings. The second kappa shape index (κ2) is 4.50. The van der Waals surface area contributed by atoms with Gasteiger partial charge < -0.3 is 9.80 Å². The minimum atomic E-state index is -0.258. The van der Waals surface area contributed by atoms with Gasteiger partial charge in [0, 0.05) is 13.1 Å². The molecule has 2 saturated heterocycles. The Morgan fingerprint density at radius 2 is 1.95 bits per heavy atom. The van der Waals surface area contributed by atoms with Crippen LogP contribution in [0.1, 0.15) is 52.4 Å². The molecule has 3 fully saturated rings. The van der Waals surface area contributed by atoms with Crippen molar-refractivity contribution in [2.24, 2.45) is 5.41 Å². The summed E-state index contributed by atoms with van der Waals surface area (Å²) in [6.45, 7) is 5.66. The van der Waals surface area contributed by atoms with Crippen molar-refractivity contribution in [2.75, 3.05) is 13.1 Å². The first-order chi connectivity index (χ1) is 9.08. The van der Waals surface area contributed by atoms with Crippen LogP contribution in [0.15, 0.2) is 0 Å². The molecular weight excluding hydrogens is 240 g/mol. The minimum Gasteiger partial charge on any atom is -0.329 e. The maximum Gasteiger partial charge on any atom is 0.246 e. The predicted octanol–water partition coefficient (Wildman–Crippen LogP) is 1.79. The van der Waals surface area contributed by atoms with E-state index >= 15 is 0 Å². The van der Waals surface area contributed by atoms with Crippen LogP contribution >= 0.6 is 0 Å². The van der Waals surface area contributed by atoms with Crippen molar-refractivity contribution in [3.05, 3.63) is 0 Å². The first kappa shape index (κ1) is 12.9. The van der Waals surface area contributed by atoms with Gasteiger partial charge in [0.2, 0.25) is 11.8 Å². The van der Waals surface area contributed by atoms with E-state index in [9.17, 15) is 9.59 Å². The van der Waals surface area contributed by atoms with Crippen LogP contribution in [0.2, 0.25) is 0 Å². The standard InChI is InChI=1S/C15H24N2O2/c1-3-15(7-8-15)10-17-11(2)13(18)16-9-5-4-6-12(16)14(17)19/h11-12H,3-10H2,1-2H3. The van der Waals surface area contributed by atoms with E-state index in [-0.39, 0.29) is 23.9 Å². The van der Waals surface area contributed by atoms with Crippen LogP contribution in [0.3, 0.4) is 0 Å². The lowest BCUT2D eigenvalue weighted by atomic mass is 9.93. The largest absolute Gasteiger partial charge is 0.329 e. The van der Waals surface area contributed by atoms with Gasteiger partial charge in [-0.1, -0.05) is 6.92 Å². The minimum absolute atomic E-state index is 0.162. The molecule has 2 unspecified atom stereocenters. The number of hydrogen-bond donors (Lipinski definition) is 0. The third kappa shape index (κ3) is 2.05. The van der Waals surface area contributed by atoms with Gasteiger partial charge in [-0.05, 0) is 50.9 Å². The summed E-state index contributed by atoms with van der Waals surface area (Å²) in [7, 11) is 0. The molecule has 0 aromatic carbocycles. The molecular formula is C15H24N2O2.